The van der Waals surface area contributed by atoms with Crippen LogP contribution in [0, 0.1) is 6.92 Å². The highest BCUT2D eigenvalue weighted by Crippen LogP contribution is 2.32. The number of aromatic nitrogens is 2. The van der Waals surface area contributed by atoms with Gasteiger partial charge in [-0.2, -0.15) is 0 Å². The fourth-order valence-corrected chi connectivity index (χ4v) is 3.08. The van der Waals surface area contributed by atoms with Crippen LogP contribution >= 0.6 is 11.3 Å². The van der Waals surface area contributed by atoms with E-state index in [1.807, 2.05) is 18.4 Å². The molecule has 0 spiro atoms. The Morgan fingerprint density at radius 3 is 2.74 bits per heavy atom. The number of rotatable bonds is 5. The maximum atomic E-state index is 11.8. The molecular formula is C15H18N4O3S. The Balaban J connectivity index is 1.57. The monoisotopic (exact) mass is 334 g/mol. The summed E-state index contributed by atoms with van der Waals surface area (Å²) in [5, 5.41) is 7.41. The van der Waals surface area contributed by atoms with Gasteiger partial charge in [0.05, 0.1) is 18.7 Å². The number of amides is 2. The summed E-state index contributed by atoms with van der Waals surface area (Å²) in [4.78, 5) is 38.6. The predicted octanol–water partition coefficient (Wildman–Crippen LogP) is 1.24. The van der Waals surface area contributed by atoms with E-state index in [1.54, 1.807) is 17.5 Å². The highest BCUT2D eigenvalue weighted by Gasteiger charge is 2.25. The largest absolute Gasteiger partial charge is 0.334 e. The lowest BCUT2D eigenvalue weighted by molar-refractivity contribution is 0.240. The molecule has 3 rings (SSSR count). The van der Waals surface area contributed by atoms with Gasteiger partial charge in [-0.3, -0.25) is 14.3 Å². The molecule has 0 radical (unpaired) electrons. The summed E-state index contributed by atoms with van der Waals surface area (Å²) in [6.45, 7) is 2.53. The predicted molar refractivity (Wildman–Crippen MR) is 87.7 cm³/mol. The molecule has 3 N–H and O–H groups in total. The number of H-pyrrole nitrogens is 1. The number of aryl methyl sites for hydroxylation is 1. The van der Waals surface area contributed by atoms with Crippen molar-refractivity contribution >= 4 is 17.4 Å². The average molecular weight is 334 g/mol. The van der Waals surface area contributed by atoms with Crippen LogP contribution in [0.1, 0.15) is 34.9 Å². The van der Waals surface area contributed by atoms with E-state index in [2.05, 4.69) is 15.6 Å². The van der Waals surface area contributed by atoms with E-state index >= 15 is 0 Å². The van der Waals surface area contributed by atoms with E-state index in [1.165, 1.54) is 10.1 Å². The summed E-state index contributed by atoms with van der Waals surface area (Å²) in [5.41, 5.74) is 0.694. The zero-order chi connectivity index (χ0) is 16.4. The Bertz CT molecular complexity index is 832. The fourth-order valence-electron chi connectivity index (χ4n) is 2.27. The highest BCUT2D eigenvalue weighted by molar-refractivity contribution is 7.10. The molecule has 0 unspecified atom stereocenters. The van der Waals surface area contributed by atoms with Gasteiger partial charge >= 0.3 is 11.7 Å². The van der Waals surface area contributed by atoms with Gasteiger partial charge in [-0.15, -0.1) is 11.3 Å². The van der Waals surface area contributed by atoms with Crippen LogP contribution < -0.4 is 21.9 Å². The molecule has 2 amide bonds. The van der Waals surface area contributed by atoms with Gasteiger partial charge in [0, 0.05) is 17.1 Å². The minimum atomic E-state index is -0.457. The lowest BCUT2D eigenvalue weighted by atomic mass is 10.3. The Kier molecular flexibility index (Phi) is 4.33. The Labute approximate surface area is 136 Å². The van der Waals surface area contributed by atoms with Crippen LogP contribution in [0.15, 0.2) is 27.2 Å². The molecule has 1 fully saturated rings. The molecule has 0 aliphatic heterocycles. The summed E-state index contributed by atoms with van der Waals surface area (Å²) in [6, 6.07) is 1.84. The smallest absolute Gasteiger partial charge is 0.328 e. The van der Waals surface area contributed by atoms with Crippen molar-refractivity contribution in [2.24, 2.45) is 0 Å². The van der Waals surface area contributed by atoms with Crippen molar-refractivity contribution in [1.82, 2.24) is 20.2 Å². The molecule has 2 aromatic rings. The molecule has 1 aliphatic carbocycles. The normalized spacial score (nSPS) is 13.8. The first-order valence-corrected chi connectivity index (χ1v) is 8.31. The Morgan fingerprint density at radius 1 is 1.35 bits per heavy atom. The van der Waals surface area contributed by atoms with E-state index in [-0.39, 0.29) is 18.6 Å². The maximum absolute atomic E-state index is 11.8. The SMILES string of the molecule is Cc1csc(CNC(=O)NCc2cn(C3CC3)c(=O)[nH]c2=O)c1. The zero-order valence-electron chi connectivity index (χ0n) is 12.7. The van der Waals surface area contributed by atoms with E-state index in [4.69, 9.17) is 0 Å². The van der Waals surface area contributed by atoms with Crippen molar-refractivity contribution in [2.75, 3.05) is 0 Å². The number of carbonyl (C=O) groups is 1. The molecule has 1 saturated carbocycles. The van der Waals surface area contributed by atoms with Gasteiger partial charge in [-0.1, -0.05) is 0 Å². The molecule has 2 heterocycles. The standard InChI is InChI=1S/C15H18N4O3S/c1-9-4-12(23-8-9)6-17-14(21)16-5-10-7-19(11-2-3-11)15(22)18-13(10)20/h4,7-8,11H,2-3,5-6H2,1H3,(H2,16,17,21)(H,18,20,22). The number of thiophene rings is 1. The zero-order valence-corrected chi connectivity index (χ0v) is 13.5. The second-order valence-electron chi connectivity index (χ2n) is 5.68. The first kappa shape index (κ1) is 15.5. The first-order chi connectivity index (χ1) is 11.0. The number of carbonyl (C=O) groups excluding carboxylic acids is 1. The van der Waals surface area contributed by atoms with E-state index < -0.39 is 11.2 Å². The molecule has 0 aromatic carbocycles. The minimum absolute atomic E-state index is 0.0810. The van der Waals surface area contributed by atoms with E-state index in [0.29, 0.717) is 12.1 Å². The molecule has 2 aromatic heterocycles. The molecule has 122 valence electrons. The van der Waals surface area contributed by atoms with Crippen molar-refractivity contribution in [3.63, 3.8) is 0 Å². The van der Waals surface area contributed by atoms with Crippen molar-refractivity contribution in [1.29, 1.82) is 0 Å². The summed E-state index contributed by atoms with van der Waals surface area (Å²) in [5.74, 6) is 0. The third kappa shape index (κ3) is 3.89. The number of hydrogen-bond donors (Lipinski definition) is 3. The Morgan fingerprint density at radius 2 is 2.09 bits per heavy atom. The van der Waals surface area contributed by atoms with Crippen molar-refractivity contribution < 1.29 is 4.79 Å². The van der Waals surface area contributed by atoms with Crippen molar-refractivity contribution in [3.05, 3.63) is 54.5 Å². The van der Waals surface area contributed by atoms with Gasteiger partial charge in [-0.05, 0) is 36.8 Å². The highest BCUT2D eigenvalue weighted by atomic mass is 32.1. The third-order valence-corrected chi connectivity index (χ3v) is 4.68. The van der Waals surface area contributed by atoms with Gasteiger partial charge in [0.25, 0.3) is 5.56 Å². The number of nitrogens with one attached hydrogen (secondary N) is 3. The lowest BCUT2D eigenvalue weighted by Gasteiger charge is -2.08. The van der Waals surface area contributed by atoms with Crippen LogP contribution in [0.4, 0.5) is 4.79 Å². The second kappa shape index (κ2) is 6.41. The van der Waals surface area contributed by atoms with E-state index in [9.17, 15) is 14.4 Å². The van der Waals surface area contributed by atoms with Crippen LogP contribution in [-0.2, 0) is 13.1 Å². The average Bonchev–Trinajstić information content (AvgIpc) is 3.26. The number of urea groups is 1. The van der Waals surface area contributed by atoms with Crippen LogP contribution in [0.3, 0.4) is 0 Å². The van der Waals surface area contributed by atoms with Crippen molar-refractivity contribution in [3.8, 4) is 0 Å². The summed E-state index contributed by atoms with van der Waals surface area (Å²) < 4.78 is 1.53. The van der Waals surface area contributed by atoms with Gasteiger partial charge in [0.15, 0.2) is 0 Å². The van der Waals surface area contributed by atoms with Crippen LogP contribution in [0.25, 0.3) is 0 Å². The molecule has 1 aliphatic rings. The molecule has 7 nitrogen and oxygen atoms in total. The topological polar surface area (TPSA) is 96.0 Å². The van der Waals surface area contributed by atoms with Crippen LogP contribution in [0.5, 0.6) is 0 Å². The molecule has 0 bridgehead atoms. The third-order valence-electron chi connectivity index (χ3n) is 3.63. The van der Waals surface area contributed by atoms with E-state index in [0.717, 1.165) is 17.7 Å². The molecular weight excluding hydrogens is 316 g/mol. The van der Waals surface area contributed by atoms with Crippen LogP contribution in [-0.4, -0.2) is 15.6 Å². The van der Waals surface area contributed by atoms with Crippen LogP contribution in [0.2, 0.25) is 0 Å². The van der Waals surface area contributed by atoms with Gasteiger partial charge in [0.2, 0.25) is 0 Å². The fraction of sp³-hybridized carbons (Fsp3) is 0.400. The maximum Gasteiger partial charge on any atom is 0.328 e. The Hall–Kier alpha value is -2.35. The summed E-state index contributed by atoms with van der Waals surface area (Å²) in [6.07, 6.45) is 3.43. The molecule has 8 heteroatoms. The molecule has 23 heavy (non-hydrogen) atoms. The lowest BCUT2D eigenvalue weighted by Crippen LogP contribution is -2.38. The quantitative estimate of drug-likeness (QED) is 0.767. The van der Waals surface area contributed by atoms with Crippen molar-refractivity contribution in [2.45, 2.75) is 38.9 Å². The van der Waals surface area contributed by atoms with Gasteiger partial charge in [0.1, 0.15) is 0 Å². The number of nitrogens with zero attached hydrogens (tertiary/aromatic N) is 1. The number of hydrogen-bond acceptors (Lipinski definition) is 4. The number of aromatic amines is 1. The second-order valence-corrected chi connectivity index (χ2v) is 6.67. The summed E-state index contributed by atoms with van der Waals surface area (Å²) >= 11 is 1.59. The minimum Gasteiger partial charge on any atom is -0.334 e. The van der Waals surface area contributed by atoms with Gasteiger partial charge < -0.3 is 10.6 Å². The molecule has 0 saturated heterocycles. The summed E-state index contributed by atoms with van der Waals surface area (Å²) in [7, 11) is 0. The van der Waals surface area contributed by atoms with Gasteiger partial charge in [-0.25, -0.2) is 9.59 Å². The first-order valence-electron chi connectivity index (χ1n) is 7.43. The molecule has 0 atom stereocenters.